The molecule has 2 fully saturated rings. The third kappa shape index (κ3) is 4.90. The molecule has 0 bridgehead atoms. The first-order valence-corrected chi connectivity index (χ1v) is 14.0. The maximum Gasteiger partial charge on any atom is 0.410 e. The Hall–Kier alpha value is -5.07. The monoisotopic (exact) mass is 583 g/mol. The molecule has 0 saturated carbocycles. The zero-order chi connectivity index (χ0) is 29.9. The van der Waals surface area contributed by atoms with Gasteiger partial charge in [-0.15, -0.1) is 0 Å². The van der Waals surface area contributed by atoms with Crippen LogP contribution in [0.4, 0.5) is 26.5 Å². The summed E-state index contributed by atoms with van der Waals surface area (Å²) in [4.78, 5) is 34.3. The van der Waals surface area contributed by atoms with Gasteiger partial charge in [0.1, 0.15) is 46.9 Å². The molecule has 0 unspecified atom stereocenters. The summed E-state index contributed by atoms with van der Waals surface area (Å²) < 4.78 is 28.5. The molecule has 220 valence electrons. The largest absolute Gasteiger partial charge is 0.457 e. The van der Waals surface area contributed by atoms with Crippen LogP contribution in [0.15, 0.2) is 55.2 Å². The number of pyridine rings is 2. The molecule has 1 aromatic carbocycles. The van der Waals surface area contributed by atoms with Gasteiger partial charge < -0.3 is 19.7 Å². The first-order chi connectivity index (χ1) is 20.6. The maximum atomic E-state index is 15.3. The van der Waals surface area contributed by atoms with E-state index in [4.69, 9.17) is 14.5 Å². The van der Waals surface area contributed by atoms with Gasteiger partial charge in [-0.1, -0.05) is 0 Å². The molecule has 13 heteroatoms. The molecule has 2 aliphatic rings. The van der Waals surface area contributed by atoms with Crippen LogP contribution in [0.1, 0.15) is 32.8 Å². The molecular formula is C30H30FN9O3. The van der Waals surface area contributed by atoms with Crippen molar-refractivity contribution in [2.45, 2.75) is 45.3 Å². The second kappa shape index (κ2) is 9.75. The Kier molecular flexibility index (Phi) is 6.08. The minimum Gasteiger partial charge on any atom is -0.457 e. The molecule has 7 rings (SSSR count). The smallest absolute Gasteiger partial charge is 0.410 e. The zero-order valence-electron chi connectivity index (χ0n) is 24.2. The number of halogens is 1. The minimum absolute atomic E-state index is 0.232. The summed E-state index contributed by atoms with van der Waals surface area (Å²) in [6.45, 7) is 9.43. The summed E-state index contributed by atoms with van der Waals surface area (Å²) in [6, 6.07) is 10.2. The second-order valence-corrected chi connectivity index (χ2v) is 12.0. The van der Waals surface area contributed by atoms with Gasteiger partial charge in [-0.3, -0.25) is 4.90 Å². The van der Waals surface area contributed by atoms with Crippen LogP contribution in [0.5, 0.6) is 11.5 Å². The number of anilines is 3. The van der Waals surface area contributed by atoms with E-state index in [1.165, 1.54) is 18.7 Å². The molecule has 1 amide bonds. The van der Waals surface area contributed by atoms with Crippen LogP contribution < -0.4 is 15.0 Å². The molecule has 0 aliphatic carbocycles. The van der Waals surface area contributed by atoms with Crippen molar-refractivity contribution in [3.63, 3.8) is 0 Å². The van der Waals surface area contributed by atoms with E-state index in [0.717, 1.165) is 17.8 Å². The van der Waals surface area contributed by atoms with Gasteiger partial charge in [0.2, 0.25) is 0 Å². The van der Waals surface area contributed by atoms with Crippen molar-refractivity contribution in [1.29, 1.82) is 0 Å². The lowest BCUT2D eigenvalue weighted by molar-refractivity contribution is -0.0562. The van der Waals surface area contributed by atoms with Gasteiger partial charge in [-0.2, -0.15) is 5.10 Å². The first kappa shape index (κ1) is 26.8. The fourth-order valence-electron chi connectivity index (χ4n) is 5.48. The van der Waals surface area contributed by atoms with Crippen molar-refractivity contribution in [3.8, 4) is 11.5 Å². The Bertz CT molecular complexity index is 1880. The van der Waals surface area contributed by atoms with Gasteiger partial charge in [0.25, 0.3) is 0 Å². The summed E-state index contributed by atoms with van der Waals surface area (Å²) in [6.07, 6.45) is 5.23. The highest BCUT2D eigenvalue weighted by Gasteiger charge is 2.56. The van der Waals surface area contributed by atoms with Crippen LogP contribution in [-0.2, 0) is 4.74 Å². The van der Waals surface area contributed by atoms with E-state index in [0.29, 0.717) is 53.6 Å². The van der Waals surface area contributed by atoms with Crippen molar-refractivity contribution in [2.24, 2.45) is 0 Å². The Labute approximate surface area is 246 Å². The minimum atomic E-state index is -0.542. The third-order valence-corrected chi connectivity index (χ3v) is 7.75. The first-order valence-electron chi connectivity index (χ1n) is 14.0. The van der Waals surface area contributed by atoms with E-state index in [1.807, 2.05) is 44.7 Å². The average molecular weight is 584 g/mol. The molecule has 0 radical (unpaired) electrons. The highest BCUT2D eigenvalue weighted by molar-refractivity contribution is 5.88. The third-order valence-electron chi connectivity index (χ3n) is 7.75. The highest BCUT2D eigenvalue weighted by atomic mass is 19.1. The number of amides is 1. The van der Waals surface area contributed by atoms with Crippen molar-refractivity contribution in [2.75, 3.05) is 29.9 Å². The SMILES string of the molecule is Cc1cc(Nc2ncnc3ccc(N4CC5(CCN5C(=O)OC(C)(C)C)C4)nc23)c(F)cc1Oc1ccn2ncnc2c1. The van der Waals surface area contributed by atoms with Gasteiger partial charge in [0.05, 0.1) is 16.7 Å². The molecule has 5 aromatic rings. The number of carbonyl (C=O) groups is 1. The van der Waals surface area contributed by atoms with Gasteiger partial charge >= 0.3 is 6.09 Å². The maximum absolute atomic E-state index is 15.3. The molecule has 6 heterocycles. The number of likely N-dealkylation sites (tertiary alicyclic amines) is 1. The number of aryl methyl sites for hydroxylation is 1. The molecule has 4 aromatic heterocycles. The van der Waals surface area contributed by atoms with E-state index < -0.39 is 11.4 Å². The van der Waals surface area contributed by atoms with Gasteiger partial charge in [0, 0.05) is 38.0 Å². The molecule has 1 spiro atoms. The van der Waals surface area contributed by atoms with Crippen LogP contribution in [-0.4, -0.2) is 71.3 Å². The van der Waals surface area contributed by atoms with Crippen molar-refractivity contribution in [1.82, 2.24) is 34.4 Å². The molecule has 12 nitrogen and oxygen atoms in total. The Morgan fingerprint density at radius 1 is 1.07 bits per heavy atom. The zero-order valence-corrected chi connectivity index (χ0v) is 24.2. The summed E-state index contributed by atoms with van der Waals surface area (Å²) in [5.74, 6) is 1.50. The molecular weight excluding hydrogens is 553 g/mol. The fourth-order valence-corrected chi connectivity index (χ4v) is 5.48. The number of ether oxygens (including phenoxy) is 2. The summed E-state index contributed by atoms with van der Waals surface area (Å²) in [5, 5.41) is 7.17. The number of hydrogen-bond donors (Lipinski definition) is 1. The number of rotatable bonds is 5. The van der Waals surface area contributed by atoms with Crippen LogP contribution in [0.3, 0.4) is 0 Å². The van der Waals surface area contributed by atoms with Gasteiger partial charge in [0.15, 0.2) is 11.5 Å². The number of nitrogens with zero attached hydrogens (tertiary/aromatic N) is 8. The van der Waals surface area contributed by atoms with E-state index in [9.17, 15) is 4.79 Å². The van der Waals surface area contributed by atoms with Crippen molar-refractivity contribution < 1.29 is 18.7 Å². The molecule has 43 heavy (non-hydrogen) atoms. The Morgan fingerprint density at radius 2 is 1.91 bits per heavy atom. The van der Waals surface area contributed by atoms with E-state index >= 15 is 4.39 Å². The number of benzene rings is 1. The normalized spacial score (nSPS) is 15.8. The number of fused-ring (bicyclic) bond motifs is 2. The van der Waals surface area contributed by atoms with E-state index in [-0.39, 0.29) is 17.3 Å². The Balaban J connectivity index is 1.09. The average Bonchev–Trinajstić information content (AvgIpc) is 3.37. The quantitative estimate of drug-likeness (QED) is 0.293. The lowest BCUT2D eigenvalue weighted by atomic mass is 9.78. The number of aromatic nitrogens is 6. The summed E-state index contributed by atoms with van der Waals surface area (Å²) in [5.41, 5.74) is 1.93. The fraction of sp³-hybridized carbons (Fsp3) is 0.333. The Morgan fingerprint density at radius 3 is 2.67 bits per heavy atom. The van der Waals surface area contributed by atoms with Crippen LogP contribution in [0, 0.1) is 12.7 Å². The highest BCUT2D eigenvalue weighted by Crippen LogP contribution is 2.42. The van der Waals surface area contributed by atoms with Crippen LogP contribution in [0.2, 0.25) is 0 Å². The van der Waals surface area contributed by atoms with Crippen LogP contribution >= 0.6 is 0 Å². The molecule has 2 saturated heterocycles. The summed E-state index contributed by atoms with van der Waals surface area (Å²) in [7, 11) is 0. The number of carbonyl (C=O) groups excluding carboxylic acids is 1. The predicted molar refractivity (Wildman–Crippen MR) is 157 cm³/mol. The van der Waals surface area contributed by atoms with Gasteiger partial charge in [-0.05, 0) is 63.9 Å². The van der Waals surface area contributed by atoms with E-state index in [2.05, 4.69) is 30.3 Å². The number of nitrogens with one attached hydrogen (secondary N) is 1. The van der Waals surface area contributed by atoms with E-state index in [1.54, 1.807) is 28.9 Å². The molecule has 0 atom stereocenters. The summed E-state index contributed by atoms with van der Waals surface area (Å²) >= 11 is 0. The van der Waals surface area contributed by atoms with Crippen molar-refractivity contribution >= 4 is 40.1 Å². The second-order valence-electron chi connectivity index (χ2n) is 12.0. The molecule has 2 aliphatic heterocycles. The standard InChI is InChI=1S/C30H30FN9O3/c1-18-11-22(20(31)13-23(18)42-19-7-9-40-25(12-19)33-17-35-40)36-27-26-21(32-16-34-27)5-6-24(37-26)38-14-30(15-38)8-10-39(30)28(41)43-29(2,3)4/h5-7,9,11-13,16-17H,8,10,14-15H2,1-4H3,(H,32,34,36). The topological polar surface area (TPSA) is 123 Å². The predicted octanol–water partition coefficient (Wildman–Crippen LogP) is 5.25. The van der Waals surface area contributed by atoms with Crippen LogP contribution in [0.25, 0.3) is 16.7 Å². The molecule has 1 N–H and O–H groups in total. The number of hydrogen-bond acceptors (Lipinski definition) is 10. The lowest BCUT2D eigenvalue weighted by Crippen LogP contribution is -2.78. The van der Waals surface area contributed by atoms with Crippen molar-refractivity contribution in [3.05, 3.63) is 66.6 Å². The van der Waals surface area contributed by atoms with Gasteiger partial charge in [-0.25, -0.2) is 33.6 Å². The lowest BCUT2D eigenvalue weighted by Gasteiger charge is -2.62.